The highest BCUT2D eigenvalue weighted by Crippen LogP contribution is 2.17. The van der Waals surface area contributed by atoms with Gasteiger partial charge in [-0.05, 0) is 29.3 Å². The lowest BCUT2D eigenvalue weighted by Gasteiger charge is -2.04. The highest BCUT2D eigenvalue weighted by Gasteiger charge is 2.08. The van der Waals surface area contributed by atoms with Gasteiger partial charge < -0.3 is 0 Å². The summed E-state index contributed by atoms with van der Waals surface area (Å²) in [5.74, 6) is 1.53. The van der Waals surface area contributed by atoms with E-state index >= 15 is 0 Å². The fraction of sp³-hybridized carbons (Fsp3) is 0.364. The van der Waals surface area contributed by atoms with E-state index in [4.69, 9.17) is 11.6 Å². The topological polar surface area (TPSA) is 43.6 Å². The average Bonchev–Trinajstić information content (AvgIpc) is 2.59. The summed E-state index contributed by atoms with van der Waals surface area (Å²) < 4.78 is 2.43. The lowest BCUT2D eigenvalue weighted by molar-refractivity contribution is 0.775. The molecule has 17 heavy (non-hydrogen) atoms. The molecule has 0 saturated heterocycles. The molecule has 2 aromatic heterocycles. The molecule has 0 atom stereocenters. The predicted molar refractivity (Wildman–Crippen MR) is 70.6 cm³/mol. The van der Waals surface area contributed by atoms with Gasteiger partial charge in [0.25, 0.3) is 0 Å². The third kappa shape index (κ3) is 2.84. The van der Waals surface area contributed by atoms with Crippen molar-refractivity contribution in [1.29, 1.82) is 0 Å². The summed E-state index contributed by atoms with van der Waals surface area (Å²) in [6.45, 7) is 3.96. The Labute approximate surface area is 113 Å². The molecular formula is C11H12BrClN4. The van der Waals surface area contributed by atoms with E-state index in [1.54, 1.807) is 10.9 Å². The number of nitrogens with zero attached hydrogens (tertiary/aromatic N) is 4. The average molecular weight is 316 g/mol. The Bertz CT molecular complexity index is 519. The predicted octanol–water partition coefficient (Wildman–Crippen LogP) is 3.34. The zero-order valence-electron chi connectivity index (χ0n) is 9.61. The monoisotopic (exact) mass is 314 g/mol. The molecule has 0 bridgehead atoms. The van der Waals surface area contributed by atoms with Crippen molar-refractivity contribution in [1.82, 2.24) is 19.7 Å². The van der Waals surface area contributed by atoms with E-state index < -0.39 is 0 Å². The SMILES string of the molecule is CCCc1nc(Br)cc(-n2cc(Cl)c(C)n2)n1. The van der Waals surface area contributed by atoms with Crippen LogP contribution in [0.2, 0.25) is 5.02 Å². The molecule has 0 fully saturated rings. The lowest BCUT2D eigenvalue weighted by atomic mass is 10.3. The first-order valence-corrected chi connectivity index (χ1v) is 6.53. The molecule has 0 aliphatic rings. The number of halogens is 2. The lowest BCUT2D eigenvalue weighted by Crippen LogP contribution is -2.04. The number of hydrogen-bond acceptors (Lipinski definition) is 3. The van der Waals surface area contributed by atoms with Gasteiger partial charge in [0, 0.05) is 12.5 Å². The maximum Gasteiger partial charge on any atom is 0.158 e. The minimum absolute atomic E-state index is 0.636. The Morgan fingerprint density at radius 1 is 1.41 bits per heavy atom. The zero-order chi connectivity index (χ0) is 12.4. The maximum absolute atomic E-state index is 5.98. The Morgan fingerprint density at radius 3 is 2.76 bits per heavy atom. The molecule has 2 rings (SSSR count). The summed E-state index contributed by atoms with van der Waals surface area (Å²) >= 11 is 9.36. The molecule has 6 heteroatoms. The third-order valence-corrected chi connectivity index (χ3v) is 3.05. The second-order valence-electron chi connectivity index (χ2n) is 3.72. The number of aryl methyl sites for hydroxylation is 2. The second kappa shape index (κ2) is 5.14. The van der Waals surface area contributed by atoms with Gasteiger partial charge >= 0.3 is 0 Å². The molecule has 0 unspecified atom stereocenters. The normalized spacial score (nSPS) is 10.8. The maximum atomic E-state index is 5.98. The Morgan fingerprint density at radius 2 is 2.18 bits per heavy atom. The van der Waals surface area contributed by atoms with E-state index in [0.29, 0.717) is 5.02 Å². The number of hydrogen-bond donors (Lipinski definition) is 0. The van der Waals surface area contributed by atoms with Crippen LogP contribution in [0.5, 0.6) is 0 Å². The quantitative estimate of drug-likeness (QED) is 0.816. The van der Waals surface area contributed by atoms with Crippen molar-refractivity contribution < 1.29 is 0 Å². The third-order valence-electron chi connectivity index (χ3n) is 2.28. The summed E-state index contributed by atoms with van der Waals surface area (Å²) in [7, 11) is 0. The van der Waals surface area contributed by atoms with Crippen LogP contribution in [0.15, 0.2) is 16.9 Å². The highest BCUT2D eigenvalue weighted by molar-refractivity contribution is 9.10. The van der Waals surface area contributed by atoms with Crippen molar-refractivity contribution in [2.45, 2.75) is 26.7 Å². The van der Waals surface area contributed by atoms with Gasteiger partial charge in [0.15, 0.2) is 5.82 Å². The van der Waals surface area contributed by atoms with Gasteiger partial charge in [0.05, 0.1) is 16.9 Å². The summed E-state index contributed by atoms with van der Waals surface area (Å²) in [5, 5.41) is 4.93. The van der Waals surface area contributed by atoms with Crippen LogP contribution in [-0.2, 0) is 6.42 Å². The molecular weight excluding hydrogens is 304 g/mol. The standard InChI is InChI=1S/C11H12BrClN4/c1-3-4-10-14-9(12)5-11(15-10)17-6-8(13)7(2)16-17/h5-6H,3-4H2,1-2H3. The molecule has 0 radical (unpaired) electrons. The van der Waals surface area contributed by atoms with Crippen LogP contribution in [-0.4, -0.2) is 19.7 Å². The molecule has 0 amide bonds. The Kier molecular flexibility index (Phi) is 3.79. The smallest absolute Gasteiger partial charge is 0.158 e. The molecule has 4 nitrogen and oxygen atoms in total. The Hall–Kier alpha value is -0.940. The number of aromatic nitrogens is 4. The van der Waals surface area contributed by atoms with Gasteiger partial charge in [-0.2, -0.15) is 5.10 Å². The van der Waals surface area contributed by atoms with Crippen LogP contribution in [0.4, 0.5) is 0 Å². The molecule has 0 spiro atoms. The summed E-state index contributed by atoms with van der Waals surface area (Å²) in [5.41, 5.74) is 0.790. The first-order valence-electron chi connectivity index (χ1n) is 5.35. The molecule has 0 aromatic carbocycles. The minimum Gasteiger partial charge on any atom is -0.226 e. The largest absolute Gasteiger partial charge is 0.226 e. The summed E-state index contributed by atoms with van der Waals surface area (Å²) in [4.78, 5) is 8.76. The van der Waals surface area contributed by atoms with Crippen LogP contribution in [0.25, 0.3) is 5.82 Å². The van der Waals surface area contributed by atoms with Gasteiger partial charge in [0.2, 0.25) is 0 Å². The summed E-state index contributed by atoms with van der Waals surface area (Å²) in [6.07, 6.45) is 3.61. The van der Waals surface area contributed by atoms with Gasteiger partial charge in [-0.25, -0.2) is 14.6 Å². The molecule has 2 heterocycles. The van der Waals surface area contributed by atoms with Crippen LogP contribution >= 0.6 is 27.5 Å². The van der Waals surface area contributed by atoms with Gasteiger partial charge in [0.1, 0.15) is 10.4 Å². The van der Waals surface area contributed by atoms with E-state index in [9.17, 15) is 0 Å². The fourth-order valence-electron chi connectivity index (χ4n) is 1.46. The van der Waals surface area contributed by atoms with Crippen molar-refractivity contribution in [2.75, 3.05) is 0 Å². The van der Waals surface area contributed by atoms with E-state index in [-0.39, 0.29) is 0 Å². The molecule has 0 N–H and O–H groups in total. The van der Waals surface area contributed by atoms with Crippen LogP contribution in [0.3, 0.4) is 0 Å². The van der Waals surface area contributed by atoms with E-state index in [1.807, 2.05) is 13.0 Å². The second-order valence-corrected chi connectivity index (χ2v) is 4.94. The van der Waals surface area contributed by atoms with Crippen LogP contribution in [0, 0.1) is 6.92 Å². The molecule has 0 saturated carbocycles. The van der Waals surface area contributed by atoms with Crippen molar-refractivity contribution in [3.63, 3.8) is 0 Å². The van der Waals surface area contributed by atoms with E-state index in [1.165, 1.54) is 0 Å². The van der Waals surface area contributed by atoms with Crippen molar-refractivity contribution >= 4 is 27.5 Å². The van der Waals surface area contributed by atoms with Crippen molar-refractivity contribution in [2.24, 2.45) is 0 Å². The minimum atomic E-state index is 0.636. The van der Waals surface area contributed by atoms with Gasteiger partial charge in [-0.15, -0.1) is 0 Å². The number of rotatable bonds is 3. The van der Waals surface area contributed by atoms with E-state index in [0.717, 1.165) is 34.8 Å². The van der Waals surface area contributed by atoms with E-state index in [2.05, 4.69) is 37.9 Å². The summed E-state index contributed by atoms with van der Waals surface area (Å²) in [6, 6.07) is 1.82. The van der Waals surface area contributed by atoms with Crippen molar-refractivity contribution in [3.05, 3.63) is 33.4 Å². The van der Waals surface area contributed by atoms with Crippen LogP contribution in [0.1, 0.15) is 24.9 Å². The first kappa shape index (κ1) is 12.5. The highest BCUT2D eigenvalue weighted by atomic mass is 79.9. The van der Waals surface area contributed by atoms with Gasteiger partial charge in [-0.3, -0.25) is 0 Å². The Balaban J connectivity index is 2.44. The first-order chi connectivity index (χ1) is 8.10. The molecule has 0 aliphatic heterocycles. The zero-order valence-corrected chi connectivity index (χ0v) is 12.0. The van der Waals surface area contributed by atoms with Gasteiger partial charge in [-0.1, -0.05) is 18.5 Å². The molecule has 0 aliphatic carbocycles. The van der Waals surface area contributed by atoms with Crippen molar-refractivity contribution in [3.8, 4) is 5.82 Å². The molecule has 90 valence electrons. The van der Waals surface area contributed by atoms with Crippen LogP contribution < -0.4 is 0 Å². The molecule has 2 aromatic rings. The fourth-order valence-corrected chi connectivity index (χ4v) is 2.00.